The Bertz CT molecular complexity index is 592. The molecule has 24 heavy (non-hydrogen) atoms. The van der Waals surface area contributed by atoms with Crippen LogP contribution in [0.2, 0.25) is 0 Å². The molecule has 0 aliphatic carbocycles. The molecule has 0 saturated carbocycles. The number of hydrogen-bond acceptors (Lipinski definition) is 5. The van der Waals surface area contributed by atoms with Crippen molar-refractivity contribution in [3.8, 4) is 0 Å². The summed E-state index contributed by atoms with van der Waals surface area (Å²) >= 11 is 0. The molecule has 0 aliphatic heterocycles. The van der Waals surface area contributed by atoms with E-state index in [1.54, 1.807) is 24.3 Å². The first-order valence-corrected chi connectivity index (χ1v) is 7.06. The average Bonchev–Trinajstić information content (AvgIpc) is 2.53. The third-order valence-electron chi connectivity index (χ3n) is 3.03. The lowest BCUT2D eigenvalue weighted by atomic mass is 10.1. The number of unbranched alkanes of at least 4 members (excludes halogenated alkanes) is 1. The number of carbonyl (C=O) groups excluding carboxylic acids is 1. The molecule has 132 valence electrons. The van der Waals surface area contributed by atoms with Crippen molar-refractivity contribution < 1.29 is 19.4 Å². The largest absolute Gasteiger partial charge is 0.480 e. The molecule has 0 aromatic heterocycles. The maximum atomic E-state index is 11.5. The van der Waals surface area contributed by atoms with Crippen molar-refractivity contribution in [1.82, 2.24) is 5.32 Å². The van der Waals surface area contributed by atoms with Gasteiger partial charge in [0.05, 0.1) is 0 Å². The number of carbonyl (C=O) groups is 2. The van der Waals surface area contributed by atoms with Gasteiger partial charge in [0, 0.05) is 17.1 Å². The van der Waals surface area contributed by atoms with Crippen LogP contribution in [0.5, 0.6) is 0 Å². The Morgan fingerprint density at radius 1 is 1.38 bits per heavy atom. The standard InChI is InChI=1S/C14H19N5O4.ClH/c15-11(13(20)21)6-3-4-8-17-14(22)23-9-10-5-1-2-7-12(10)18-19-16;/h1-2,5,7,11H,3-4,6,8-9,15H2,(H,17,22)(H,20,21);1H. The Labute approximate surface area is 145 Å². The molecule has 0 fully saturated rings. The van der Waals surface area contributed by atoms with E-state index in [1.807, 2.05) is 0 Å². The fourth-order valence-corrected chi connectivity index (χ4v) is 1.78. The first kappa shape index (κ1) is 21.5. The van der Waals surface area contributed by atoms with E-state index in [4.69, 9.17) is 21.1 Å². The minimum absolute atomic E-state index is 0. The first-order valence-electron chi connectivity index (χ1n) is 7.06. The molecular formula is C14H20ClN5O4. The second-order valence-electron chi connectivity index (χ2n) is 4.76. The highest BCUT2D eigenvalue weighted by molar-refractivity contribution is 5.85. The van der Waals surface area contributed by atoms with Crippen LogP contribution in [0.25, 0.3) is 10.4 Å². The highest BCUT2D eigenvalue weighted by Gasteiger charge is 2.10. The number of ether oxygens (including phenoxy) is 1. The summed E-state index contributed by atoms with van der Waals surface area (Å²) in [5, 5.41) is 14.7. The predicted octanol–water partition coefficient (Wildman–Crippen LogP) is 2.86. The van der Waals surface area contributed by atoms with Crippen LogP contribution in [0.4, 0.5) is 10.5 Å². The van der Waals surface area contributed by atoms with Crippen LogP contribution in [0, 0.1) is 0 Å². The minimum atomic E-state index is -1.03. The number of alkyl carbamates (subject to hydrolysis) is 1. The Hall–Kier alpha value is -2.48. The van der Waals surface area contributed by atoms with Gasteiger partial charge in [-0.25, -0.2) is 4.79 Å². The quantitative estimate of drug-likeness (QED) is 0.268. The molecule has 0 bridgehead atoms. The number of carboxylic acid groups (broad SMARTS) is 1. The van der Waals surface area contributed by atoms with Gasteiger partial charge in [0.2, 0.25) is 0 Å². The number of rotatable bonds is 9. The van der Waals surface area contributed by atoms with Crippen LogP contribution in [0.1, 0.15) is 24.8 Å². The van der Waals surface area contributed by atoms with Crippen LogP contribution >= 0.6 is 12.4 Å². The number of benzene rings is 1. The highest BCUT2D eigenvalue weighted by Crippen LogP contribution is 2.19. The smallest absolute Gasteiger partial charge is 0.407 e. The maximum absolute atomic E-state index is 11.5. The summed E-state index contributed by atoms with van der Waals surface area (Å²) in [5.74, 6) is -1.03. The van der Waals surface area contributed by atoms with Gasteiger partial charge in [0.1, 0.15) is 12.6 Å². The molecule has 4 N–H and O–H groups in total. The number of nitrogens with two attached hydrogens (primary N) is 1. The molecule has 1 amide bonds. The van der Waals surface area contributed by atoms with Crippen molar-refractivity contribution in [2.45, 2.75) is 31.9 Å². The van der Waals surface area contributed by atoms with Crippen molar-refractivity contribution >= 4 is 30.2 Å². The van der Waals surface area contributed by atoms with Crippen molar-refractivity contribution in [3.63, 3.8) is 0 Å². The molecular weight excluding hydrogens is 338 g/mol. The molecule has 1 unspecified atom stereocenters. The van der Waals surface area contributed by atoms with Gasteiger partial charge in [0.25, 0.3) is 0 Å². The highest BCUT2D eigenvalue weighted by atomic mass is 35.5. The van der Waals surface area contributed by atoms with Crippen LogP contribution in [0.15, 0.2) is 29.4 Å². The van der Waals surface area contributed by atoms with Gasteiger partial charge < -0.3 is 20.9 Å². The van der Waals surface area contributed by atoms with Gasteiger partial charge >= 0.3 is 12.1 Å². The lowest BCUT2D eigenvalue weighted by Gasteiger charge is -2.09. The van der Waals surface area contributed by atoms with Crippen LogP contribution in [-0.4, -0.2) is 29.8 Å². The fourth-order valence-electron chi connectivity index (χ4n) is 1.78. The SMILES string of the molecule is Cl.[N-]=[N+]=Nc1ccccc1COC(=O)NCCCCC(N)C(=O)O. The lowest BCUT2D eigenvalue weighted by molar-refractivity contribution is -0.138. The van der Waals surface area contributed by atoms with Crippen molar-refractivity contribution in [3.05, 3.63) is 40.3 Å². The molecule has 1 atom stereocenters. The van der Waals surface area contributed by atoms with E-state index in [-0.39, 0.29) is 19.0 Å². The van der Waals surface area contributed by atoms with Crippen molar-refractivity contribution in [1.29, 1.82) is 0 Å². The molecule has 0 aliphatic rings. The molecule has 1 aromatic carbocycles. The zero-order chi connectivity index (χ0) is 17.1. The third kappa shape index (κ3) is 8.23. The van der Waals surface area contributed by atoms with E-state index < -0.39 is 18.1 Å². The van der Waals surface area contributed by atoms with Gasteiger partial charge in [-0.05, 0) is 30.4 Å². The van der Waals surface area contributed by atoms with Gasteiger partial charge in [-0.3, -0.25) is 4.79 Å². The Balaban J connectivity index is 0.00000529. The maximum Gasteiger partial charge on any atom is 0.407 e. The molecule has 0 saturated heterocycles. The zero-order valence-electron chi connectivity index (χ0n) is 12.9. The molecule has 1 rings (SSSR count). The molecule has 10 heteroatoms. The number of nitrogens with one attached hydrogen (secondary N) is 1. The summed E-state index contributed by atoms with van der Waals surface area (Å²) in [5.41, 5.74) is 14.8. The van der Waals surface area contributed by atoms with E-state index in [0.29, 0.717) is 37.1 Å². The number of aliphatic carboxylic acids is 1. The van der Waals surface area contributed by atoms with E-state index in [1.165, 1.54) is 0 Å². The van der Waals surface area contributed by atoms with Gasteiger partial charge in [-0.1, -0.05) is 29.4 Å². The van der Waals surface area contributed by atoms with E-state index >= 15 is 0 Å². The number of amides is 1. The summed E-state index contributed by atoms with van der Waals surface area (Å²) in [6.07, 6.45) is 0.952. The number of azide groups is 1. The monoisotopic (exact) mass is 357 g/mol. The summed E-state index contributed by atoms with van der Waals surface area (Å²) < 4.78 is 5.03. The number of halogens is 1. The van der Waals surface area contributed by atoms with Crippen molar-refractivity contribution in [2.75, 3.05) is 6.54 Å². The lowest BCUT2D eigenvalue weighted by Crippen LogP contribution is -2.30. The molecule has 1 aromatic rings. The summed E-state index contributed by atoms with van der Waals surface area (Å²) in [6.45, 7) is 0.355. The predicted molar refractivity (Wildman–Crippen MR) is 90.1 cm³/mol. The van der Waals surface area contributed by atoms with Crippen LogP contribution in [-0.2, 0) is 16.1 Å². The molecule has 9 nitrogen and oxygen atoms in total. The third-order valence-corrected chi connectivity index (χ3v) is 3.03. The minimum Gasteiger partial charge on any atom is -0.480 e. The van der Waals surface area contributed by atoms with Gasteiger partial charge in [-0.2, -0.15) is 0 Å². The molecule has 0 heterocycles. The second kappa shape index (κ2) is 12.0. The first-order chi connectivity index (χ1) is 11.0. The summed E-state index contributed by atoms with van der Waals surface area (Å²) in [6, 6.07) is 5.92. The van der Waals surface area contributed by atoms with E-state index in [2.05, 4.69) is 15.3 Å². The normalized spacial score (nSPS) is 10.7. The van der Waals surface area contributed by atoms with Crippen LogP contribution < -0.4 is 11.1 Å². The number of hydrogen-bond donors (Lipinski definition) is 3. The second-order valence-corrected chi connectivity index (χ2v) is 4.76. The molecule has 0 spiro atoms. The van der Waals surface area contributed by atoms with Gasteiger partial charge in [0.15, 0.2) is 0 Å². The van der Waals surface area contributed by atoms with E-state index in [9.17, 15) is 9.59 Å². The summed E-state index contributed by atoms with van der Waals surface area (Å²) in [7, 11) is 0. The van der Waals surface area contributed by atoms with Crippen LogP contribution in [0.3, 0.4) is 0 Å². The van der Waals surface area contributed by atoms with Crippen molar-refractivity contribution in [2.24, 2.45) is 10.8 Å². The van der Waals surface area contributed by atoms with Gasteiger partial charge in [-0.15, -0.1) is 12.4 Å². The molecule has 0 radical (unpaired) electrons. The average molecular weight is 358 g/mol. The fraction of sp³-hybridized carbons (Fsp3) is 0.429. The Morgan fingerprint density at radius 3 is 2.75 bits per heavy atom. The Kier molecular flexibility index (Phi) is 10.8. The topological polar surface area (TPSA) is 150 Å². The number of nitrogens with zero attached hydrogens (tertiary/aromatic N) is 3. The summed E-state index contributed by atoms with van der Waals surface area (Å²) in [4.78, 5) is 24.8. The Morgan fingerprint density at radius 2 is 2.08 bits per heavy atom. The zero-order valence-corrected chi connectivity index (χ0v) is 13.7. The number of carboxylic acids is 1. The van der Waals surface area contributed by atoms with E-state index in [0.717, 1.165) is 0 Å².